The van der Waals surface area contributed by atoms with Gasteiger partial charge in [-0.15, -0.1) is 0 Å². The highest BCUT2D eigenvalue weighted by Crippen LogP contribution is 2.48. The highest BCUT2D eigenvalue weighted by atomic mass is 19.1. The van der Waals surface area contributed by atoms with Gasteiger partial charge in [-0.25, -0.2) is 4.39 Å². The Hall–Kier alpha value is -1.91. The van der Waals surface area contributed by atoms with Crippen LogP contribution < -0.4 is 5.32 Å². The molecule has 0 bridgehead atoms. The minimum absolute atomic E-state index is 0.0173. The molecule has 2 aliphatic rings. The number of halogens is 1. The number of benzene rings is 1. The van der Waals surface area contributed by atoms with E-state index in [1.807, 2.05) is 11.8 Å². The molecule has 1 aromatic carbocycles. The summed E-state index contributed by atoms with van der Waals surface area (Å²) >= 11 is 0. The third kappa shape index (κ3) is 3.38. The standard InChI is InChI=1S/C18H23FN2O2/c1-13(12-21-10-2-3-16(21)22)11-20-17(23)18(8-9-18)14-4-6-15(19)7-5-14/h4-7,13H,2-3,8-12H2,1H3,(H,20,23)/t13-/m1/s1. The molecule has 0 aromatic heterocycles. The summed E-state index contributed by atoms with van der Waals surface area (Å²) in [6.45, 7) is 4.13. The molecule has 124 valence electrons. The predicted molar refractivity (Wildman–Crippen MR) is 85.3 cm³/mol. The van der Waals surface area contributed by atoms with Gasteiger partial charge >= 0.3 is 0 Å². The van der Waals surface area contributed by atoms with Crippen LogP contribution in [0.25, 0.3) is 0 Å². The first-order valence-corrected chi connectivity index (χ1v) is 8.33. The summed E-state index contributed by atoms with van der Waals surface area (Å²) in [7, 11) is 0. The number of rotatable bonds is 6. The van der Waals surface area contributed by atoms with Gasteiger partial charge < -0.3 is 10.2 Å². The molecule has 0 unspecified atom stereocenters. The monoisotopic (exact) mass is 318 g/mol. The van der Waals surface area contributed by atoms with Crippen molar-refractivity contribution >= 4 is 11.8 Å². The quantitative estimate of drug-likeness (QED) is 0.874. The number of amides is 2. The van der Waals surface area contributed by atoms with Crippen LogP contribution in [0.3, 0.4) is 0 Å². The van der Waals surface area contributed by atoms with E-state index in [9.17, 15) is 14.0 Å². The van der Waals surface area contributed by atoms with E-state index < -0.39 is 5.41 Å². The largest absolute Gasteiger partial charge is 0.355 e. The van der Waals surface area contributed by atoms with Crippen LogP contribution in [0.5, 0.6) is 0 Å². The molecule has 2 amide bonds. The topological polar surface area (TPSA) is 49.4 Å². The Kier molecular flexibility index (Phi) is 4.37. The van der Waals surface area contributed by atoms with Crippen LogP contribution in [0, 0.1) is 11.7 Å². The minimum Gasteiger partial charge on any atom is -0.355 e. The van der Waals surface area contributed by atoms with Gasteiger partial charge in [0.1, 0.15) is 5.82 Å². The van der Waals surface area contributed by atoms with E-state index in [2.05, 4.69) is 5.32 Å². The van der Waals surface area contributed by atoms with Crippen molar-refractivity contribution in [3.05, 3.63) is 35.6 Å². The fraction of sp³-hybridized carbons (Fsp3) is 0.556. The lowest BCUT2D eigenvalue weighted by Gasteiger charge is -2.22. The second-order valence-corrected chi connectivity index (χ2v) is 6.85. The van der Waals surface area contributed by atoms with E-state index in [0.717, 1.165) is 31.4 Å². The number of hydrogen-bond donors (Lipinski definition) is 1. The first-order valence-electron chi connectivity index (χ1n) is 8.33. The lowest BCUT2D eigenvalue weighted by Crippen LogP contribution is -2.40. The van der Waals surface area contributed by atoms with Gasteiger partial charge in [0.15, 0.2) is 0 Å². The van der Waals surface area contributed by atoms with E-state index in [1.54, 1.807) is 12.1 Å². The molecule has 1 N–H and O–H groups in total. The molecule has 3 rings (SSSR count). The lowest BCUT2D eigenvalue weighted by molar-refractivity contribution is -0.128. The summed E-state index contributed by atoms with van der Waals surface area (Å²) in [6.07, 6.45) is 3.20. The number of nitrogens with zero attached hydrogens (tertiary/aromatic N) is 1. The number of hydrogen-bond acceptors (Lipinski definition) is 2. The maximum absolute atomic E-state index is 13.0. The predicted octanol–water partition coefficient (Wildman–Crippen LogP) is 2.23. The zero-order chi connectivity index (χ0) is 16.4. The Balaban J connectivity index is 1.53. The Morgan fingerprint density at radius 2 is 2.04 bits per heavy atom. The zero-order valence-electron chi connectivity index (χ0n) is 13.5. The molecule has 1 saturated heterocycles. The van der Waals surface area contributed by atoms with E-state index in [-0.39, 0.29) is 23.5 Å². The summed E-state index contributed by atoms with van der Waals surface area (Å²) in [6, 6.07) is 6.22. The van der Waals surface area contributed by atoms with Crippen molar-refractivity contribution in [3.63, 3.8) is 0 Å². The lowest BCUT2D eigenvalue weighted by atomic mass is 9.94. The maximum atomic E-state index is 13.0. The Morgan fingerprint density at radius 1 is 1.35 bits per heavy atom. The van der Waals surface area contributed by atoms with Gasteiger partial charge in [0.25, 0.3) is 0 Å². The van der Waals surface area contributed by atoms with Crippen molar-refractivity contribution in [2.24, 2.45) is 5.92 Å². The Morgan fingerprint density at radius 3 is 2.61 bits per heavy atom. The number of carbonyl (C=O) groups excluding carboxylic acids is 2. The first kappa shape index (κ1) is 16.0. The summed E-state index contributed by atoms with van der Waals surface area (Å²) in [5, 5.41) is 3.02. The summed E-state index contributed by atoms with van der Waals surface area (Å²) < 4.78 is 13.0. The van der Waals surface area contributed by atoms with Crippen molar-refractivity contribution in [1.29, 1.82) is 0 Å². The molecular weight excluding hydrogens is 295 g/mol. The highest BCUT2D eigenvalue weighted by Gasteiger charge is 2.51. The highest BCUT2D eigenvalue weighted by molar-refractivity contribution is 5.91. The van der Waals surface area contributed by atoms with E-state index >= 15 is 0 Å². The van der Waals surface area contributed by atoms with Crippen LogP contribution in [-0.2, 0) is 15.0 Å². The molecule has 5 heteroatoms. The van der Waals surface area contributed by atoms with Gasteiger partial charge in [-0.1, -0.05) is 19.1 Å². The molecular formula is C18H23FN2O2. The van der Waals surface area contributed by atoms with Crippen LogP contribution in [0.15, 0.2) is 24.3 Å². The van der Waals surface area contributed by atoms with Crippen molar-refractivity contribution in [1.82, 2.24) is 10.2 Å². The second-order valence-electron chi connectivity index (χ2n) is 6.85. The van der Waals surface area contributed by atoms with Gasteiger partial charge in [-0.05, 0) is 42.9 Å². The van der Waals surface area contributed by atoms with Gasteiger partial charge in [0.05, 0.1) is 5.41 Å². The average Bonchev–Trinajstić information content (AvgIpc) is 3.25. The molecule has 1 atom stereocenters. The van der Waals surface area contributed by atoms with E-state index in [0.29, 0.717) is 19.5 Å². The van der Waals surface area contributed by atoms with Crippen molar-refractivity contribution in [2.75, 3.05) is 19.6 Å². The van der Waals surface area contributed by atoms with Crippen molar-refractivity contribution < 1.29 is 14.0 Å². The fourth-order valence-corrected chi connectivity index (χ4v) is 3.31. The van der Waals surface area contributed by atoms with Crippen LogP contribution in [0.4, 0.5) is 4.39 Å². The van der Waals surface area contributed by atoms with Crippen molar-refractivity contribution in [3.8, 4) is 0 Å². The number of nitrogens with one attached hydrogen (secondary N) is 1. The summed E-state index contributed by atoms with van der Waals surface area (Å²) in [5.74, 6) is 0.177. The van der Waals surface area contributed by atoms with Crippen LogP contribution in [-0.4, -0.2) is 36.3 Å². The summed E-state index contributed by atoms with van der Waals surface area (Å²) in [4.78, 5) is 26.0. The molecule has 0 spiro atoms. The Bertz CT molecular complexity index is 596. The normalized spacial score (nSPS) is 20.4. The first-order chi connectivity index (χ1) is 11.0. The Labute approximate surface area is 136 Å². The second kappa shape index (κ2) is 6.30. The summed E-state index contributed by atoms with van der Waals surface area (Å²) in [5.41, 5.74) is 0.412. The van der Waals surface area contributed by atoms with Crippen LogP contribution in [0.1, 0.15) is 38.2 Å². The van der Waals surface area contributed by atoms with Gasteiger partial charge in [0, 0.05) is 26.1 Å². The van der Waals surface area contributed by atoms with Gasteiger partial charge in [-0.3, -0.25) is 9.59 Å². The van der Waals surface area contributed by atoms with Crippen molar-refractivity contribution in [2.45, 2.75) is 38.0 Å². The van der Waals surface area contributed by atoms with Gasteiger partial charge in [0.2, 0.25) is 11.8 Å². The number of carbonyl (C=O) groups is 2. The fourth-order valence-electron chi connectivity index (χ4n) is 3.31. The SMILES string of the molecule is C[C@H](CNC(=O)C1(c2ccc(F)cc2)CC1)CN1CCCC1=O. The maximum Gasteiger partial charge on any atom is 0.230 e. The molecule has 1 saturated carbocycles. The van der Waals surface area contributed by atoms with Crippen LogP contribution in [0.2, 0.25) is 0 Å². The molecule has 1 aromatic rings. The molecule has 23 heavy (non-hydrogen) atoms. The molecule has 2 fully saturated rings. The van der Waals surface area contributed by atoms with E-state index in [1.165, 1.54) is 12.1 Å². The van der Waals surface area contributed by atoms with E-state index in [4.69, 9.17) is 0 Å². The molecule has 1 heterocycles. The number of likely N-dealkylation sites (tertiary alicyclic amines) is 1. The smallest absolute Gasteiger partial charge is 0.230 e. The van der Waals surface area contributed by atoms with Crippen LogP contribution >= 0.6 is 0 Å². The zero-order valence-corrected chi connectivity index (χ0v) is 13.5. The molecule has 1 aliphatic heterocycles. The molecule has 4 nitrogen and oxygen atoms in total. The third-order valence-corrected chi connectivity index (χ3v) is 4.90. The average molecular weight is 318 g/mol. The molecule has 1 aliphatic carbocycles. The third-order valence-electron chi connectivity index (χ3n) is 4.90. The molecule has 0 radical (unpaired) electrons. The minimum atomic E-state index is -0.475. The van der Waals surface area contributed by atoms with Gasteiger partial charge in [-0.2, -0.15) is 0 Å².